The molecule has 0 aliphatic rings. The molecule has 0 atom stereocenters. The molecule has 0 aliphatic heterocycles. The number of hydrogen-bond donors (Lipinski definition) is 1. The van der Waals surface area contributed by atoms with Crippen molar-refractivity contribution in [2.45, 2.75) is 84.0 Å². The average Bonchev–Trinajstić information content (AvgIpc) is 2.51. The van der Waals surface area contributed by atoms with Crippen molar-refractivity contribution in [2.75, 3.05) is 0 Å². The van der Waals surface area contributed by atoms with E-state index in [0.717, 1.165) is 12.8 Å². The molecule has 0 spiro atoms. The molecule has 0 bridgehead atoms. The first kappa shape index (κ1) is 20.9. The fourth-order valence-electron chi connectivity index (χ4n) is 2.15. The monoisotopic (exact) mass is 312 g/mol. The Kier molecular flexibility index (Phi) is 17.0. The molecule has 0 aromatic rings. The van der Waals surface area contributed by atoms with Gasteiger partial charge in [0.25, 0.3) is 0 Å². The molecule has 22 heavy (non-hydrogen) atoms. The van der Waals surface area contributed by atoms with Gasteiger partial charge >= 0.3 is 5.97 Å². The van der Waals surface area contributed by atoms with Crippen molar-refractivity contribution < 1.29 is 20.0 Å². The number of unbranched alkanes of at least 4 members (excludes halogenated alkanes) is 8. The van der Waals surface area contributed by atoms with E-state index in [4.69, 9.17) is 5.26 Å². The predicted molar refractivity (Wildman–Crippen MR) is 89.2 cm³/mol. The van der Waals surface area contributed by atoms with Crippen molar-refractivity contribution in [3.8, 4) is 0 Å². The first-order valence-electron chi connectivity index (χ1n) is 8.62. The third kappa shape index (κ3) is 16.9. The molecule has 1 N–H and O–H groups in total. The summed E-state index contributed by atoms with van der Waals surface area (Å²) < 4.78 is 0. The summed E-state index contributed by atoms with van der Waals surface area (Å²) in [7, 11) is 0. The topological polar surface area (TPSA) is 55.8 Å². The van der Waals surface area contributed by atoms with Crippen molar-refractivity contribution in [1.82, 2.24) is 0 Å². The van der Waals surface area contributed by atoms with Crippen molar-refractivity contribution in [1.29, 1.82) is 0 Å². The van der Waals surface area contributed by atoms with Gasteiger partial charge in [0.15, 0.2) is 0 Å². The molecule has 0 radical (unpaired) electrons. The maximum atomic E-state index is 10.8. The van der Waals surface area contributed by atoms with Crippen LogP contribution in [0, 0.1) is 0 Å². The lowest BCUT2D eigenvalue weighted by Crippen LogP contribution is -2.02. The molecule has 0 amide bonds. The van der Waals surface area contributed by atoms with Crippen LogP contribution < -0.4 is 0 Å². The fourth-order valence-corrected chi connectivity index (χ4v) is 2.15. The lowest BCUT2D eigenvalue weighted by molar-refractivity contribution is -0.462. The molecular formula is C18H32O4. The highest BCUT2D eigenvalue weighted by atomic mass is 17.5. The van der Waals surface area contributed by atoms with Gasteiger partial charge in [0.1, 0.15) is 0 Å². The van der Waals surface area contributed by atoms with Gasteiger partial charge in [0.05, 0.1) is 6.42 Å². The second-order valence-corrected chi connectivity index (χ2v) is 5.50. The molecule has 0 saturated carbocycles. The molecule has 0 aliphatic carbocycles. The van der Waals surface area contributed by atoms with Crippen molar-refractivity contribution >= 4 is 5.97 Å². The van der Waals surface area contributed by atoms with E-state index in [1.54, 1.807) is 0 Å². The van der Waals surface area contributed by atoms with Gasteiger partial charge in [0.2, 0.25) is 0 Å². The van der Waals surface area contributed by atoms with Gasteiger partial charge in [-0.05, 0) is 50.0 Å². The first-order valence-corrected chi connectivity index (χ1v) is 8.62. The summed E-state index contributed by atoms with van der Waals surface area (Å²) in [5.41, 5.74) is 0. The Morgan fingerprint density at radius 2 is 1.32 bits per heavy atom. The van der Waals surface area contributed by atoms with E-state index in [1.807, 2.05) is 6.08 Å². The Morgan fingerprint density at radius 3 is 1.86 bits per heavy atom. The third-order valence-electron chi connectivity index (χ3n) is 3.44. The molecule has 0 saturated heterocycles. The van der Waals surface area contributed by atoms with Gasteiger partial charge < -0.3 is 0 Å². The zero-order chi connectivity index (χ0) is 16.3. The minimum absolute atomic E-state index is 0.220. The number of carbonyl (C=O) groups excluding carboxylic acids is 1. The van der Waals surface area contributed by atoms with Crippen molar-refractivity contribution in [3.05, 3.63) is 24.3 Å². The van der Waals surface area contributed by atoms with Gasteiger partial charge in [-0.15, -0.1) is 0 Å². The summed E-state index contributed by atoms with van der Waals surface area (Å²) in [6.45, 7) is 2.25. The summed E-state index contributed by atoms with van der Waals surface area (Å²) in [6, 6.07) is 0. The lowest BCUT2D eigenvalue weighted by atomic mass is 10.1. The second kappa shape index (κ2) is 17.9. The Bertz CT molecular complexity index is 297. The van der Waals surface area contributed by atoms with Crippen LogP contribution in [-0.2, 0) is 14.7 Å². The Morgan fingerprint density at radius 1 is 0.818 bits per heavy atom. The number of allylic oxidation sites excluding steroid dienone is 4. The van der Waals surface area contributed by atoms with Crippen LogP contribution in [0.1, 0.15) is 84.0 Å². The summed E-state index contributed by atoms with van der Waals surface area (Å²) >= 11 is 0. The highest BCUT2D eigenvalue weighted by Gasteiger charge is 2.00. The van der Waals surface area contributed by atoms with Crippen LogP contribution in [0.4, 0.5) is 0 Å². The van der Waals surface area contributed by atoms with Crippen LogP contribution in [0.3, 0.4) is 0 Å². The largest absolute Gasteiger partial charge is 0.345 e. The third-order valence-corrected chi connectivity index (χ3v) is 3.44. The molecular weight excluding hydrogens is 280 g/mol. The maximum absolute atomic E-state index is 10.8. The van der Waals surface area contributed by atoms with Crippen molar-refractivity contribution in [2.24, 2.45) is 0 Å². The number of hydrogen-bond acceptors (Lipinski definition) is 4. The van der Waals surface area contributed by atoms with E-state index >= 15 is 0 Å². The molecule has 0 aromatic carbocycles. The summed E-state index contributed by atoms with van der Waals surface area (Å²) in [4.78, 5) is 14.8. The standard InChI is InChI=1S/C18H32O4/c1-2-3-4-5-6-7-8-9-10-11-12-13-14-15-16-17-18(19)21-22-20/h8-9,14-15,20H,2-7,10-13,16-17H2,1H3/b9-8+,15-14+. The maximum Gasteiger partial charge on any atom is 0.345 e. The Balaban J connectivity index is 3.23. The molecule has 4 nitrogen and oxygen atoms in total. The molecule has 4 heteroatoms. The average molecular weight is 312 g/mol. The summed E-state index contributed by atoms with van der Waals surface area (Å²) in [6.07, 6.45) is 22.0. The van der Waals surface area contributed by atoms with E-state index in [-0.39, 0.29) is 6.42 Å². The number of carbonyl (C=O) groups is 1. The second-order valence-electron chi connectivity index (χ2n) is 5.50. The van der Waals surface area contributed by atoms with Crippen LogP contribution >= 0.6 is 0 Å². The summed E-state index contributed by atoms with van der Waals surface area (Å²) in [5, 5.41) is 11.2. The molecule has 0 rings (SSSR count). The summed E-state index contributed by atoms with van der Waals surface area (Å²) in [5.74, 6) is -0.563. The quantitative estimate of drug-likeness (QED) is 0.181. The SMILES string of the molecule is CCCCCCC/C=C/CCCC/C=C/CCC(=O)OOO. The lowest BCUT2D eigenvalue weighted by Gasteiger charge is -1.97. The minimum Gasteiger partial charge on any atom is -0.269 e. The van der Waals surface area contributed by atoms with Gasteiger partial charge in [-0.25, -0.2) is 10.1 Å². The van der Waals surface area contributed by atoms with E-state index < -0.39 is 5.97 Å². The molecule has 0 heterocycles. The van der Waals surface area contributed by atoms with Crippen LogP contribution in [-0.4, -0.2) is 11.2 Å². The molecule has 0 unspecified atom stereocenters. The zero-order valence-electron chi connectivity index (χ0n) is 14.0. The predicted octanol–water partition coefficient (Wildman–Crippen LogP) is 5.75. The smallest absolute Gasteiger partial charge is 0.269 e. The van der Waals surface area contributed by atoms with E-state index in [1.165, 1.54) is 51.4 Å². The molecule has 128 valence electrons. The van der Waals surface area contributed by atoms with Crippen LogP contribution in [0.15, 0.2) is 24.3 Å². The zero-order valence-corrected chi connectivity index (χ0v) is 14.0. The van der Waals surface area contributed by atoms with Crippen LogP contribution in [0.5, 0.6) is 0 Å². The van der Waals surface area contributed by atoms with E-state index in [2.05, 4.69) is 35.1 Å². The Labute approximate surface area is 135 Å². The highest BCUT2D eigenvalue weighted by molar-refractivity contribution is 5.68. The normalized spacial score (nSPS) is 11.5. The van der Waals surface area contributed by atoms with Gasteiger partial charge in [-0.3, -0.25) is 4.89 Å². The van der Waals surface area contributed by atoms with E-state index in [9.17, 15) is 4.79 Å². The first-order chi connectivity index (χ1) is 10.8. The number of rotatable bonds is 15. The van der Waals surface area contributed by atoms with Gasteiger partial charge in [-0.2, -0.15) is 0 Å². The molecule has 0 fully saturated rings. The minimum atomic E-state index is -0.563. The fraction of sp³-hybridized carbons (Fsp3) is 0.722. The molecule has 0 aromatic heterocycles. The highest BCUT2D eigenvalue weighted by Crippen LogP contribution is 2.07. The van der Waals surface area contributed by atoms with Crippen molar-refractivity contribution in [3.63, 3.8) is 0 Å². The Hall–Kier alpha value is -1.13. The van der Waals surface area contributed by atoms with Gasteiger partial charge in [0, 0.05) is 0 Å². The van der Waals surface area contributed by atoms with Crippen LogP contribution in [0.2, 0.25) is 0 Å². The van der Waals surface area contributed by atoms with Gasteiger partial charge in [-0.1, -0.05) is 56.9 Å². The van der Waals surface area contributed by atoms with E-state index in [0.29, 0.717) is 6.42 Å². The van der Waals surface area contributed by atoms with Crippen LogP contribution in [0.25, 0.3) is 0 Å².